The summed E-state index contributed by atoms with van der Waals surface area (Å²) in [5.41, 5.74) is 4.95. The molecule has 0 atom stereocenters. The van der Waals surface area contributed by atoms with Crippen LogP contribution in [-0.4, -0.2) is 39.4 Å². The molecule has 25 heavy (non-hydrogen) atoms. The predicted octanol–water partition coefficient (Wildman–Crippen LogP) is 0.921. The molecular weight excluding hydrogens is 312 g/mol. The fourth-order valence-electron chi connectivity index (χ4n) is 4.05. The van der Waals surface area contributed by atoms with Crippen LogP contribution in [0.3, 0.4) is 0 Å². The van der Waals surface area contributed by atoms with E-state index in [4.69, 9.17) is 4.74 Å². The van der Waals surface area contributed by atoms with Crippen LogP contribution >= 0.6 is 0 Å². The molecule has 0 radical (unpaired) electrons. The number of pyridine rings is 1. The fourth-order valence-corrected chi connectivity index (χ4v) is 4.05. The van der Waals surface area contributed by atoms with E-state index in [9.17, 15) is 5.26 Å². The second kappa shape index (κ2) is 9.17. The lowest BCUT2D eigenvalue weighted by Crippen LogP contribution is -3.14. The molecule has 3 rings (SSSR count). The van der Waals surface area contributed by atoms with Gasteiger partial charge in [-0.15, -0.1) is 0 Å². The number of aromatic amines is 1. The first-order chi connectivity index (χ1) is 12.3. The van der Waals surface area contributed by atoms with Crippen LogP contribution in [0, 0.1) is 11.3 Å². The third-order valence-corrected chi connectivity index (χ3v) is 5.53. The average Bonchev–Trinajstić information content (AvgIpc) is 2.67. The van der Waals surface area contributed by atoms with Gasteiger partial charge in [-0.05, 0) is 43.2 Å². The lowest BCUT2D eigenvalue weighted by Gasteiger charge is -2.23. The number of nitriles is 1. The van der Waals surface area contributed by atoms with Crippen molar-refractivity contribution in [3.8, 4) is 6.07 Å². The molecule has 5 heteroatoms. The fraction of sp³-hybridized carbons (Fsp3) is 0.700. The van der Waals surface area contributed by atoms with Crippen LogP contribution in [0.5, 0.6) is 0 Å². The van der Waals surface area contributed by atoms with Crippen LogP contribution in [0.1, 0.15) is 55.0 Å². The summed E-state index contributed by atoms with van der Waals surface area (Å²) in [5.74, 6) is 0.946. The molecule has 1 aromatic heterocycles. The number of anilines is 1. The van der Waals surface area contributed by atoms with Gasteiger partial charge in [0.15, 0.2) is 0 Å². The van der Waals surface area contributed by atoms with Crippen molar-refractivity contribution in [3.63, 3.8) is 0 Å². The Morgan fingerprint density at radius 1 is 1.20 bits per heavy atom. The highest BCUT2D eigenvalue weighted by Crippen LogP contribution is 2.29. The highest BCUT2D eigenvalue weighted by molar-refractivity contribution is 5.56. The van der Waals surface area contributed by atoms with Gasteiger partial charge in [-0.25, -0.2) is 4.98 Å². The third kappa shape index (κ3) is 4.50. The molecule has 5 nitrogen and oxygen atoms in total. The number of nitrogens with one attached hydrogen (secondary N) is 3. The van der Waals surface area contributed by atoms with E-state index in [1.54, 1.807) is 4.90 Å². The summed E-state index contributed by atoms with van der Waals surface area (Å²) < 4.78 is 5.43. The lowest BCUT2D eigenvalue weighted by atomic mass is 9.86. The zero-order chi connectivity index (χ0) is 17.5. The Morgan fingerprint density at radius 2 is 1.96 bits per heavy atom. The maximum absolute atomic E-state index is 9.76. The molecule has 1 aliphatic carbocycles. The molecule has 136 valence electrons. The molecule has 1 saturated heterocycles. The van der Waals surface area contributed by atoms with Gasteiger partial charge in [-0.2, -0.15) is 5.26 Å². The molecular formula is C20H32N4O+2. The summed E-state index contributed by atoms with van der Waals surface area (Å²) in [6, 6.07) is 2.47. The number of unbranched alkanes of at least 4 members (excludes halogenated alkanes) is 1. The summed E-state index contributed by atoms with van der Waals surface area (Å²) >= 11 is 0. The monoisotopic (exact) mass is 344 g/mol. The van der Waals surface area contributed by atoms with Crippen LogP contribution in [0.2, 0.25) is 0 Å². The van der Waals surface area contributed by atoms with Gasteiger partial charge in [0, 0.05) is 6.42 Å². The Morgan fingerprint density at radius 3 is 2.68 bits per heavy atom. The first kappa shape index (κ1) is 18.2. The zero-order valence-corrected chi connectivity index (χ0v) is 15.5. The van der Waals surface area contributed by atoms with Gasteiger partial charge in [0.2, 0.25) is 0 Å². The van der Waals surface area contributed by atoms with Crippen LogP contribution in [0.15, 0.2) is 0 Å². The average molecular weight is 345 g/mol. The van der Waals surface area contributed by atoms with Crippen molar-refractivity contribution in [2.45, 2.75) is 51.9 Å². The van der Waals surface area contributed by atoms with Crippen molar-refractivity contribution in [2.24, 2.45) is 0 Å². The molecule has 0 spiro atoms. The van der Waals surface area contributed by atoms with E-state index < -0.39 is 0 Å². The van der Waals surface area contributed by atoms with Crippen molar-refractivity contribution in [1.29, 1.82) is 5.26 Å². The molecule has 3 N–H and O–H groups in total. The smallest absolute Gasteiger partial charge is 0.291 e. The second-order valence-corrected chi connectivity index (χ2v) is 7.27. The van der Waals surface area contributed by atoms with E-state index in [0.717, 1.165) is 70.0 Å². The zero-order valence-electron chi connectivity index (χ0n) is 15.5. The standard InChI is InChI=1S/C20H30N4O/c1-2-3-8-19-17-7-5-4-6-16(17)18(15-21)20(23-19)22-9-10-24-11-13-25-14-12-24/h2-14H2,1H3,(H,22,23)/p+2. The van der Waals surface area contributed by atoms with E-state index in [1.165, 1.54) is 42.5 Å². The Balaban J connectivity index is 1.75. The van der Waals surface area contributed by atoms with Crippen LogP contribution in [0.4, 0.5) is 5.82 Å². The summed E-state index contributed by atoms with van der Waals surface area (Å²) in [7, 11) is 0. The number of morpholine rings is 1. The molecule has 1 fully saturated rings. The topological polar surface area (TPSA) is 63.6 Å². The van der Waals surface area contributed by atoms with Gasteiger partial charge in [0.25, 0.3) is 5.82 Å². The molecule has 0 amide bonds. The van der Waals surface area contributed by atoms with Gasteiger partial charge in [0.1, 0.15) is 43.5 Å². The maximum atomic E-state index is 9.76. The number of rotatable bonds is 7. The van der Waals surface area contributed by atoms with Gasteiger partial charge in [0.05, 0.1) is 13.2 Å². The first-order valence-electron chi connectivity index (χ1n) is 9.98. The van der Waals surface area contributed by atoms with E-state index in [2.05, 4.69) is 23.3 Å². The molecule has 0 bridgehead atoms. The Kier molecular flexibility index (Phi) is 6.66. The van der Waals surface area contributed by atoms with Gasteiger partial charge in [-0.3, -0.25) is 5.32 Å². The quantitative estimate of drug-likeness (QED) is 0.773. The molecule has 0 unspecified atom stereocenters. The third-order valence-electron chi connectivity index (χ3n) is 5.53. The van der Waals surface area contributed by atoms with Crippen LogP contribution in [-0.2, 0) is 24.0 Å². The van der Waals surface area contributed by atoms with Crippen molar-refractivity contribution in [2.75, 3.05) is 44.7 Å². The first-order valence-corrected chi connectivity index (χ1v) is 9.98. The van der Waals surface area contributed by atoms with Crippen molar-refractivity contribution < 1.29 is 14.6 Å². The number of quaternary nitrogens is 1. The van der Waals surface area contributed by atoms with Gasteiger partial charge >= 0.3 is 0 Å². The molecule has 2 heterocycles. The number of aromatic nitrogens is 1. The number of nitrogens with zero attached hydrogens (tertiary/aromatic N) is 1. The van der Waals surface area contributed by atoms with E-state index in [0.29, 0.717) is 0 Å². The second-order valence-electron chi connectivity index (χ2n) is 7.27. The molecule has 2 aliphatic rings. The minimum Gasteiger partial charge on any atom is -0.370 e. The molecule has 0 aromatic carbocycles. The SMILES string of the molecule is CCCCc1[nH+]c(NCC[NH+]2CCOCC2)c(C#N)c2c1CCCC2. The van der Waals surface area contributed by atoms with Crippen molar-refractivity contribution >= 4 is 5.82 Å². The van der Waals surface area contributed by atoms with Crippen molar-refractivity contribution in [1.82, 2.24) is 0 Å². The largest absolute Gasteiger partial charge is 0.370 e. The summed E-state index contributed by atoms with van der Waals surface area (Å²) in [6.07, 6.45) is 8.12. The molecule has 1 aromatic rings. The molecule has 1 aliphatic heterocycles. The number of H-pyrrole nitrogens is 1. The Bertz CT molecular complexity index is 617. The highest BCUT2D eigenvalue weighted by Gasteiger charge is 2.25. The van der Waals surface area contributed by atoms with Gasteiger partial charge in [-0.1, -0.05) is 13.3 Å². The van der Waals surface area contributed by atoms with E-state index in [-0.39, 0.29) is 0 Å². The minimum atomic E-state index is 0.854. The van der Waals surface area contributed by atoms with Crippen LogP contribution < -0.4 is 15.2 Å². The maximum Gasteiger partial charge on any atom is 0.291 e. The minimum absolute atomic E-state index is 0.854. The Hall–Kier alpha value is -1.64. The number of fused-ring (bicyclic) bond motifs is 1. The number of ether oxygens (including phenoxy) is 1. The van der Waals surface area contributed by atoms with E-state index in [1.807, 2.05) is 0 Å². The normalized spacial score (nSPS) is 17.8. The van der Waals surface area contributed by atoms with E-state index >= 15 is 0 Å². The number of aryl methyl sites for hydroxylation is 1. The van der Waals surface area contributed by atoms with Crippen LogP contribution in [0.25, 0.3) is 0 Å². The number of hydrogen-bond acceptors (Lipinski definition) is 3. The summed E-state index contributed by atoms with van der Waals surface area (Å²) in [5, 5.41) is 13.3. The van der Waals surface area contributed by atoms with Crippen molar-refractivity contribution in [3.05, 3.63) is 22.4 Å². The predicted molar refractivity (Wildman–Crippen MR) is 97.8 cm³/mol. The summed E-state index contributed by atoms with van der Waals surface area (Å²) in [6.45, 7) is 8.11. The van der Waals surface area contributed by atoms with Gasteiger partial charge < -0.3 is 9.64 Å². The highest BCUT2D eigenvalue weighted by atomic mass is 16.5. The Labute approximate surface area is 151 Å². The number of hydrogen-bond donors (Lipinski definition) is 2. The molecule has 0 saturated carbocycles. The lowest BCUT2D eigenvalue weighted by molar-refractivity contribution is -0.906. The summed E-state index contributed by atoms with van der Waals surface area (Å²) in [4.78, 5) is 5.18.